The molecule has 1 atom stereocenters. The summed E-state index contributed by atoms with van der Waals surface area (Å²) in [6, 6.07) is 11.0. The molecule has 1 amide bonds. The Kier molecular flexibility index (Phi) is 6.25. The molecule has 8 nitrogen and oxygen atoms in total. The number of anilines is 1. The van der Waals surface area contributed by atoms with Crippen LogP contribution in [0.25, 0.3) is 11.0 Å². The Labute approximate surface area is 186 Å². The van der Waals surface area contributed by atoms with E-state index in [0.29, 0.717) is 18.4 Å². The van der Waals surface area contributed by atoms with E-state index < -0.39 is 15.8 Å². The molecule has 0 unspecified atom stereocenters. The summed E-state index contributed by atoms with van der Waals surface area (Å²) in [5, 5.41) is 10.9. The van der Waals surface area contributed by atoms with Crippen molar-refractivity contribution >= 4 is 32.7 Å². The van der Waals surface area contributed by atoms with Gasteiger partial charge in [-0.1, -0.05) is 24.3 Å². The van der Waals surface area contributed by atoms with Gasteiger partial charge in [0.1, 0.15) is 11.3 Å². The Morgan fingerprint density at radius 3 is 2.62 bits per heavy atom. The predicted molar refractivity (Wildman–Crippen MR) is 119 cm³/mol. The molecule has 2 aromatic carbocycles. The molecule has 32 heavy (non-hydrogen) atoms. The Hall–Kier alpha value is -2.85. The Balaban J connectivity index is 1.44. The standard InChI is InChI=1S/C22H26FN5O3S/c1-3-15(2)28-21-9-8-17(14-20(21)25-26-28)32(30,31)27-12-10-16(11-13-27)22(29)24-19-7-5-4-6-18(19)23/h4-9,14-16H,3,10-13H2,1-2H3,(H,24,29)/t15-/m0/s1. The fraction of sp³-hybridized carbons (Fsp3) is 0.409. The molecule has 10 heteroatoms. The Bertz CT molecular complexity index is 1240. The molecular formula is C22H26FN5O3S. The molecular weight excluding hydrogens is 433 g/mol. The van der Waals surface area contributed by atoms with Crippen molar-refractivity contribution in [2.45, 2.75) is 44.0 Å². The van der Waals surface area contributed by atoms with Gasteiger partial charge in [-0.3, -0.25) is 4.79 Å². The van der Waals surface area contributed by atoms with Gasteiger partial charge in [0.15, 0.2) is 0 Å². The van der Waals surface area contributed by atoms with E-state index in [9.17, 15) is 17.6 Å². The van der Waals surface area contributed by atoms with E-state index in [1.165, 1.54) is 16.4 Å². The molecule has 1 aliphatic heterocycles. The van der Waals surface area contributed by atoms with E-state index in [2.05, 4.69) is 22.6 Å². The van der Waals surface area contributed by atoms with Crippen LogP contribution in [-0.2, 0) is 14.8 Å². The fourth-order valence-corrected chi connectivity index (χ4v) is 5.38. The summed E-state index contributed by atoms with van der Waals surface area (Å²) in [6.07, 6.45) is 1.62. The number of hydrogen-bond donors (Lipinski definition) is 1. The molecule has 1 aliphatic rings. The smallest absolute Gasteiger partial charge is 0.243 e. The molecule has 0 spiro atoms. The summed E-state index contributed by atoms with van der Waals surface area (Å²) in [4.78, 5) is 12.7. The molecule has 0 radical (unpaired) electrons. The van der Waals surface area contributed by atoms with Crippen molar-refractivity contribution in [3.8, 4) is 0 Å². The minimum atomic E-state index is -3.72. The van der Waals surface area contributed by atoms with Gasteiger partial charge in [0.05, 0.1) is 22.1 Å². The zero-order valence-electron chi connectivity index (χ0n) is 18.0. The van der Waals surface area contributed by atoms with Crippen molar-refractivity contribution < 1.29 is 17.6 Å². The average molecular weight is 460 g/mol. The monoisotopic (exact) mass is 459 g/mol. The topological polar surface area (TPSA) is 97.2 Å². The van der Waals surface area contributed by atoms with E-state index in [1.807, 2.05) is 6.92 Å². The second-order valence-electron chi connectivity index (χ2n) is 8.09. The van der Waals surface area contributed by atoms with E-state index >= 15 is 0 Å². The van der Waals surface area contributed by atoms with Crippen LogP contribution in [0.4, 0.5) is 10.1 Å². The normalized spacial score (nSPS) is 16.8. The number of rotatable bonds is 6. The first-order chi connectivity index (χ1) is 15.3. The van der Waals surface area contributed by atoms with Gasteiger partial charge in [0.25, 0.3) is 0 Å². The van der Waals surface area contributed by atoms with E-state index in [0.717, 1.165) is 11.9 Å². The lowest BCUT2D eigenvalue weighted by Crippen LogP contribution is -2.41. The number of benzene rings is 2. The molecule has 4 rings (SSSR count). The van der Waals surface area contributed by atoms with Gasteiger partial charge in [-0.25, -0.2) is 17.5 Å². The summed E-state index contributed by atoms with van der Waals surface area (Å²) < 4.78 is 43.3. The number of nitrogens with one attached hydrogen (secondary N) is 1. The number of halogens is 1. The molecule has 1 N–H and O–H groups in total. The lowest BCUT2D eigenvalue weighted by molar-refractivity contribution is -0.120. The van der Waals surface area contributed by atoms with Crippen molar-refractivity contribution in [1.29, 1.82) is 0 Å². The molecule has 1 fully saturated rings. The number of piperidine rings is 1. The molecule has 2 heterocycles. The molecule has 0 saturated carbocycles. The molecule has 1 saturated heterocycles. The molecule has 3 aromatic rings. The number of fused-ring (bicyclic) bond motifs is 1. The summed E-state index contributed by atoms with van der Waals surface area (Å²) in [7, 11) is -3.72. The maximum absolute atomic E-state index is 13.8. The number of para-hydroxylation sites is 1. The third kappa shape index (κ3) is 4.24. The first-order valence-electron chi connectivity index (χ1n) is 10.7. The summed E-state index contributed by atoms with van der Waals surface area (Å²) in [5.74, 6) is -1.17. The zero-order chi connectivity index (χ0) is 22.9. The highest BCUT2D eigenvalue weighted by Gasteiger charge is 2.32. The number of carbonyl (C=O) groups excluding carboxylic acids is 1. The average Bonchev–Trinajstić information content (AvgIpc) is 3.23. The number of amides is 1. The highest BCUT2D eigenvalue weighted by molar-refractivity contribution is 7.89. The second kappa shape index (κ2) is 8.95. The van der Waals surface area contributed by atoms with Crippen LogP contribution in [0.15, 0.2) is 47.4 Å². The lowest BCUT2D eigenvalue weighted by atomic mass is 9.97. The second-order valence-corrected chi connectivity index (χ2v) is 10.0. The van der Waals surface area contributed by atoms with Gasteiger partial charge in [-0.15, -0.1) is 5.10 Å². The van der Waals surface area contributed by atoms with Crippen LogP contribution in [0.1, 0.15) is 39.2 Å². The first-order valence-corrected chi connectivity index (χ1v) is 12.2. The highest BCUT2D eigenvalue weighted by Crippen LogP contribution is 2.27. The van der Waals surface area contributed by atoms with Crippen molar-refractivity contribution in [2.24, 2.45) is 5.92 Å². The summed E-state index contributed by atoms with van der Waals surface area (Å²) in [6.45, 7) is 4.52. The van der Waals surface area contributed by atoms with Crippen LogP contribution < -0.4 is 5.32 Å². The van der Waals surface area contributed by atoms with E-state index in [4.69, 9.17) is 0 Å². The molecule has 1 aromatic heterocycles. The van der Waals surface area contributed by atoms with Crippen LogP contribution in [0, 0.1) is 11.7 Å². The third-order valence-electron chi connectivity index (χ3n) is 6.05. The molecule has 0 bridgehead atoms. The number of carbonyl (C=O) groups is 1. The van der Waals surface area contributed by atoms with Crippen LogP contribution in [0.5, 0.6) is 0 Å². The quantitative estimate of drug-likeness (QED) is 0.608. The van der Waals surface area contributed by atoms with E-state index in [-0.39, 0.29) is 41.5 Å². The maximum atomic E-state index is 13.8. The Morgan fingerprint density at radius 2 is 1.94 bits per heavy atom. The van der Waals surface area contributed by atoms with Gasteiger partial charge in [0.2, 0.25) is 15.9 Å². The number of aromatic nitrogens is 3. The summed E-state index contributed by atoms with van der Waals surface area (Å²) in [5.41, 5.74) is 1.46. The SMILES string of the molecule is CC[C@H](C)n1nnc2cc(S(=O)(=O)N3CCC(C(=O)Nc4ccccc4F)CC3)ccc21. The zero-order valence-corrected chi connectivity index (χ0v) is 18.8. The van der Waals surface area contributed by atoms with Gasteiger partial charge in [0, 0.05) is 19.0 Å². The largest absolute Gasteiger partial charge is 0.323 e. The number of hydrogen-bond acceptors (Lipinski definition) is 5. The predicted octanol–water partition coefficient (Wildman–Crippen LogP) is 3.58. The first kappa shape index (κ1) is 22.3. The molecule has 170 valence electrons. The minimum Gasteiger partial charge on any atom is -0.323 e. The maximum Gasteiger partial charge on any atom is 0.243 e. The van der Waals surface area contributed by atoms with Crippen LogP contribution >= 0.6 is 0 Å². The minimum absolute atomic E-state index is 0.131. The van der Waals surface area contributed by atoms with Gasteiger partial charge >= 0.3 is 0 Å². The Morgan fingerprint density at radius 1 is 1.22 bits per heavy atom. The molecule has 0 aliphatic carbocycles. The van der Waals surface area contributed by atoms with Crippen LogP contribution in [-0.4, -0.2) is 46.7 Å². The van der Waals surface area contributed by atoms with Crippen molar-refractivity contribution in [3.63, 3.8) is 0 Å². The highest BCUT2D eigenvalue weighted by atomic mass is 32.2. The number of sulfonamides is 1. The van der Waals surface area contributed by atoms with Crippen LogP contribution in [0.3, 0.4) is 0 Å². The van der Waals surface area contributed by atoms with Crippen molar-refractivity contribution in [2.75, 3.05) is 18.4 Å². The van der Waals surface area contributed by atoms with Gasteiger partial charge < -0.3 is 5.32 Å². The van der Waals surface area contributed by atoms with Crippen molar-refractivity contribution in [3.05, 3.63) is 48.3 Å². The van der Waals surface area contributed by atoms with Gasteiger partial charge in [-0.2, -0.15) is 4.31 Å². The third-order valence-corrected chi connectivity index (χ3v) is 7.94. The van der Waals surface area contributed by atoms with Gasteiger partial charge in [-0.05, 0) is 56.5 Å². The lowest BCUT2D eigenvalue weighted by Gasteiger charge is -2.30. The number of nitrogens with zero attached hydrogens (tertiary/aromatic N) is 4. The van der Waals surface area contributed by atoms with E-state index in [1.54, 1.807) is 35.0 Å². The van der Waals surface area contributed by atoms with Crippen molar-refractivity contribution in [1.82, 2.24) is 19.3 Å². The fourth-order valence-electron chi connectivity index (χ4n) is 3.89. The van der Waals surface area contributed by atoms with Crippen LogP contribution in [0.2, 0.25) is 0 Å². The summed E-state index contributed by atoms with van der Waals surface area (Å²) >= 11 is 0.